The summed E-state index contributed by atoms with van der Waals surface area (Å²) < 4.78 is 5.08. The number of nitrogens with one attached hydrogen (secondary N) is 2. The van der Waals surface area contributed by atoms with E-state index < -0.39 is 5.91 Å². The molecule has 0 saturated heterocycles. The van der Waals surface area contributed by atoms with Crippen LogP contribution in [-0.2, 0) is 11.3 Å². The zero-order valence-corrected chi connectivity index (χ0v) is 14.3. The number of benzene rings is 2. The molecule has 0 unspecified atom stereocenters. The molecule has 7 heteroatoms. The lowest BCUT2D eigenvalue weighted by atomic mass is 10.2. The van der Waals surface area contributed by atoms with Crippen molar-refractivity contribution in [2.24, 2.45) is 0 Å². The van der Waals surface area contributed by atoms with E-state index in [1.165, 1.54) is 6.20 Å². The van der Waals surface area contributed by atoms with Crippen LogP contribution in [0, 0.1) is 11.3 Å². The molecular weight excluding hydrogens is 340 g/mol. The van der Waals surface area contributed by atoms with Gasteiger partial charge in [-0.3, -0.25) is 4.79 Å². The minimum absolute atomic E-state index is 0.0542. The van der Waals surface area contributed by atoms with E-state index in [1.807, 2.05) is 18.2 Å². The number of carbonyl (C=O) groups excluding carboxylic acids is 1. The number of rotatable bonds is 6. The van der Waals surface area contributed by atoms with Crippen molar-refractivity contribution in [2.45, 2.75) is 6.54 Å². The highest BCUT2D eigenvalue weighted by atomic mass is 35.5. The van der Waals surface area contributed by atoms with Crippen molar-refractivity contribution in [3.8, 4) is 11.8 Å². The topological polar surface area (TPSA) is 100 Å². The molecule has 0 aromatic heterocycles. The van der Waals surface area contributed by atoms with Gasteiger partial charge in [-0.15, -0.1) is 0 Å². The molecule has 0 bridgehead atoms. The molecule has 0 radical (unpaired) electrons. The molecule has 0 aliphatic rings. The summed E-state index contributed by atoms with van der Waals surface area (Å²) in [6.45, 7) is 0.301. The maximum Gasteiger partial charge on any atom is 0.263 e. The van der Waals surface area contributed by atoms with Crippen molar-refractivity contribution in [1.29, 1.82) is 5.26 Å². The fourth-order valence-electron chi connectivity index (χ4n) is 1.94. The number of methoxy groups -OCH3 is 1. The molecule has 2 rings (SSSR count). The Morgan fingerprint density at radius 2 is 2.04 bits per heavy atom. The number of halogens is 1. The van der Waals surface area contributed by atoms with Crippen LogP contribution in [0.2, 0.25) is 5.02 Å². The molecule has 0 fully saturated rings. The highest BCUT2D eigenvalue weighted by Gasteiger charge is 2.08. The first-order chi connectivity index (χ1) is 12.0. The summed E-state index contributed by atoms with van der Waals surface area (Å²) in [5.74, 6) is 0.256. The maximum atomic E-state index is 12.1. The Bertz CT molecular complexity index is 826. The van der Waals surface area contributed by atoms with Gasteiger partial charge in [-0.1, -0.05) is 23.7 Å². The third kappa shape index (κ3) is 5.16. The van der Waals surface area contributed by atoms with Crippen LogP contribution < -0.4 is 21.1 Å². The molecule has 25 heavy (non-hydrogen) atoms. The first-order valence-corrected chi connectivity index (χ1v) is 7.74. The van der Waals surface area contributed by atoms with Crippen LogP contribution in [0.1, 0.15) is 5.56 Å². The highest BCUT2D eigenvalue weighted by Crippen LogP contribution is 2.22. The molecule has 6 nitrogen and oxygen atoms in total. The number of nitrogens with two attached hydrogens (primary N) is 1. The number of anilines is 2. The summed E-state index contributed by atoms with van der Waals surface area (Å²) in [5, 5.41) is 15.1. The predicted octanol–water partition coefficient (Wildman–Crippen LogP) is 3.07. The third-order valence-electron chi connectivity index (χ3n) is 3.36. The van der Waals surface area contributed by atoms with Gasteiger partial charge in [-0.25, -0.2) is 0 Å². The van der Waals surface area contributed by atoms with Crippen molar-refractivity contribution in [3.63, 3.8) is 0 Å². The Hall–Kier alpha value is -3.17. The molecule has 128 valence electrons. The molecule has 4 N–H and O–H groups in total. The minimum atomic E-state index is -0.479. The highest BCUT2D eigenvalue weighted by molar-refractivity contribution is 6.33. The monoisotopic (exact) mass is 356 g/mol. The Labute approximate surface area is 150 Å². The molecule has 2 aromatic carbocycles. The quantitative estimate of drug-likeness (QED) is 0.419. The number of nitrogens with zero attached hydrogens (tertiary/aromatic N) is 1. The van der Waals surface area contributed by atoms with Crippen molar-refractivity contribution >= 4 is 28.9 Å². The van der Waals surface area contributed by atoms with E-state index in [0.717, 1.165) is 11.3 Å². The molecule has 1 amide bonds. The van der Waals surface area contributed by atoms with E-state index in [2.05, 4.69) is 10.6 Å². The lowest BCUT2D eigenvalue weighted by molar-refractivity contribution is -0.117. The Balaban J connectivity index is 1.97. The second-order valence-electron chi connectivity index (χ2n) is 5.08. The first-order valence-electron chi connectivity index (χ1n) is 7.36. The van der Waals surface area contributed by atoms with Crippen LogP contribution in [0.4, 0.5) is 11.4 Å². The van der Waals surface area contributed by atoms with E-state index >= 15 is 0 Å². The lowest BCUT2D eigenvalue weighted by Crippen LogP contribution is -2.24. The van der Waals surface area contributed by atoms with Gasteiger partial charge in [0.1, 0.15) is 17.4 Å². The van der Waals surface area contributed by atoms with Crippen molar-refractivity contribution < 1.29 is 9.53 Å². The van der Waals surface area contributed by atoms with E-state index in [9.17, 15) is 4.79 Å². The van der Waals surface area contributed by atoms with Gasteiger partial charge in [-0.05, 0) is 35.9 Å². The summed E-state index contributed by atoms with van der Waals surface area (Å²) in [6.07, 6.45) is 1.32. The van der Waals surface area contributed by atoms with Crippen LogP contribution in [0.3, 0.4) is 0 Å². The fraction of sp³-hybridized carbons (Fsp3) is 0.111. The molecular formula is C18H17ClN4O2. The van der Waals surface area contributed by atoms with E-state index in [1.54, 1.807) is 37.4 Å². The fourth-order valence-corrected chi connectivity index (χ4v) is 2.12. The third-order valence-corrected chi connectivity index (χ3v) is 3.69. The summed E-state index contributed by atoms with van der Waals surface area (Å²) in [4.78, 5) is 12.1. The molecule has 0 saturated carbocycles. The minimum Gasteiger partial charge on any atom is -0.497 e. The number of amides is 1. The van der Waals surface area contributed by atoms with Gasteiger partial charge in [0.15, 0.2) is 0 Å². The first kappa shape index (κ1) is 18.2. The van der Waals surface area contributed by atoms with Crippen molar-refractivity contribution in [3.05, 3.63) is 64.8 Å². The molecule has 2 aromatic rings. The number of hydrogen-bond acceptors (Lipinski definition) is 5. The number of hydrogen-bond donors (Lipinski definition) is 3. The number of nitriles is 1. The molecule has 0 heterocycles. The second-order valence-corrected chi connectivity index (χ2v) is 5.49. The van der Waals surface area contributed by atoms with Gasteiger partial charge >= 0.3 is 0 Å². The smallest absolute Gasteiger partial charge is 0.263 e. The van der Waals surface area contributed by atoms with Gasteiger partial charge in [0.25, 0.3) is 5.91 Å². The number of carbonyl (C=O) groups is 1. The molecule has 0 aliphatic carbocycles. The van der Waals surface area contributed by atoms with Gasteiger partial charge in [-0.2, -0.15) is 5.26 Å². The summed E-state index contributed by atoms with van der Waals surface area (Å²) in [7, 11) is 1.59. The zero-order chi connectivity index (χ0) is 18.2. The van der Waals surface area contributed by atoms with Gasteiger partial charge in [0, 0.05) is 18.4 Å². The zero-order valence-electron chi connectivity index (χ0n) is 13.5. The van der Waals surface area contributed by atoms with E-state index in [0.29, 0.717) is 22.9 Å². The van der Waals surface area contributed by atoms with Crippen LogP contribution in [0.5, 0.6) is 5.75 Å². The van der Waals surface area contributed by atoms with Crippen molar-refractivity contribution in [2.75, 3.05) is 18.2 Å². The standard InChI is InChI=1S/C18H17ClN4O2/c1-25-15-5-2-12(3-6-15)10-23-18(24)13(9-20)11-22-14-4-7-17(21)16(19)8-14/h2-8,11,22H,10,21H2,1H3,(H,23,24)/b13-11-. The van der Waals surface area contributed by atoms with Gasteiger partial charge in [0.05, 0.1) is 17.8 Å². The van der Waals surface area contributed by atoms with Gasteiger partial charge in [0.2, 0.25) is 0 Å². The van der Waals surface area contributed by atoms with E-state index in [4.69, 9.17) is 27.3 Å². The Kier molecular flexibility index (Phi) is 6.26. The van der Waals surface area contributed by atoms with Crippen LogP contribution >= 0.6 is 11.6 Å². The molecule has 0 spiro atoms. The van der Waals surface area contributed by atoms with Crippen LogP contribution in [-0.4, -0.2) is 13.0 Å². The Morgan fingerprint density at radius 3 is 2.64 bits per heavy atom. The normalized spacial score (nSPS) is 10.7. The maximum absolute atomic E-state index is 12.1. The largest absolute Gasteiger partial charge is 0.497 e. The molecule has 0 aliphatic heterocycles. The molecule has 0 atom stereocenters. The number of ether oxygens (including phenoxy) is 1. The average Bonchev–Trinajstić information content (AvgIpc) is 2.63. The van der Waals surface area contributed by atoms with Crippen molar-refractivity contribution in [1.82, 2.24) is 5.32 Å². The summed E-state index contributed by atoms with van der Waals surface area (Å²) in [5.41, 5.74) is 7.54. The predicted molar refractivity (Wildman–Crippen MR) is 98.0 cm³/mol. The van der Waals surface area contributed by atoms with Crippen LogP contribution in [0.25, 0.3) is 0 Å². The lowest BCUT2D eigenvalue weighted by Gasteiger charge is -2.07. The average molecular weight is 357 g/mol. The summed E-state index contributed by atoms with van der Waals surface area (Å²) in [6, 6.07) is 14.1. The Morgan fingerprint density at radius 1 is 1.32 bits per heavy atom. The number of nitrogen functional groups attached to an aromatic ring is 1. The summed E-state index contributed by atoms with van der Waals surface area (Å²) >= 11 is 5.93. The van der Waals surface area contributed by atoms with Crippen LogP contribution in [0.15, 0.2) is 54.2 Å². The van der Waals surface area contributed by atoms with Gasteiger partial charge < -0.3 is 21.1 Å². The van der Waals surface area contributed by atoms with E-state index in [-0.39, 0.29) is 5.57 Å². The SMILES string of the molecule is COc1ccc(CNC(=O)/C(C#N)=C\Nc2ccc(N)c(Cl)c2)cc1. The second kappa shape index (κ2) is 8.62.